The van der Waals surface area contributed by atoms with Crippen LogP contribution in [0.15, 0.2) is 79.0 Å². The number of ether oxygens (including phenoxy) is 2. The molecule has 1 aliphatic heterocycles. The van der Waals surface area contributed by atoms with Gasteiger partial charge in [0.05, 0.1) is 22.2 Å². The number of benzene rings is 3. The summed E-state index contributed by atoms with van der Waals surface area (Å²) in [7, 11) is 0. The van der Waals surface area contributed by atoms with Crippen LogP contribution in [0.4, 0.5) is 5.69 Å². The highest BCUT2D eigenvalue weighted by atomic mass is 16.6. The lowest BCUT2D eigenvalue weighted by Gasteiger charge is -2.18. The van der Waals surface area contributed by atoms with Crippen LogP contribution in [0.25, 0.3) is 16.9 Å². The molecule has 1 aromatic heterocycles. The van der Waals surface area contributed by atoms with Gasteiger partial charge in [-0.25, -0.2) is 4.68 Å². The average molecular weight is 485 g/mol. The van der Waals surface area contributed by atoms with Gasteiger partial charge in [0.25, 0.3) is 17.5 Å². The van der Waals surface area contributed by atoms with E-state index >= 15 is 0 Å². The fourth-order valence-electron chi connectivity index (χ4n) is 3.72. The molecular weight excluding hydrogens is 466 g/mol. The van der Waals surface area contributed by atoms with Crippen LogP contribution >= 0.6 is 0 Å². The van der Waals surface area contributed by atoms with Gasteiger partial charge in [-0.1, -0.05) is 48.5 Å². The molecule has 0 saturated carbocycles. The van der Waals surface area contributed by atoms with Crippen molar-refractivity contribution in [2.24, 2.45) is 0 Å². The first-order valence-electron chi connectivity index (χ1n) is 10.9. The van der Waals surface area contributed by atoms with Crippen LogP contribution < -0.4 is 20.3 Å². The Morgan fingerprint density at radius 1 is 0.861 bits per heavy atom. The zero-order valence-corrected chi connectivity index (χ0v) is 18.7. The summed E-state index contributed by atoms with van der Waals surface area (Å²) < 4.78 is 12.3. The Kier molecular flexibility index (Phi) is 6.02. The second-order valence-electron chi connectivity index (χ2n) is 7.72. The third-order valence-corrected chi connectivity index (χ3v) is 5.42. The second-order valence-corrected chi connectivity index (χ2v) is 7.72. The summed E-state index contributed by atoms with van der Waals surface area (Å²) in [6.45, 7) is 0.489. The maximum absolute atomic E-state index is 13.1. The SMILES string of the molecule is O=C(NNC(=O)c1cn(-c2ccccc2)nc1-c1ccccc1)c1cc2c(cc1[N+](=O)[O-])OCCO2. The van der Waals surface area contributed by atoms with Gasteiger partial charge < -0.3 is 9.47 Å². The van der Waals surface area contributed by atoms with E-state index in [9.17, 15) is 19.7 Å². The molecule has 11 heteroatoms. The largest absolute Gasteiger partial charge is 0.486 e. The molecule has 0 saturated heterocycles. The number of rotatable bonds is 5. The molecule has 180 valence electrons. The van der Waals surface area contributed by atoms with E-state index in [2.05, 4.69) is 16.0 Å². The zero-order valence-electron chi connectivity index (χ0n) is 18.7. The molecule has 0 unspecified atom stereocenters. The minimum atomic E-state index is -0.885. The molecule has 0 fully saturated rings. The average Bonchev–Trinajstić information content (AvgIpc) is 3.37. The smallest absolute Gasteiger partial charge is 0.286 e. The predicted molar refractivity (Wildman–Crippen MR) is 128 cm³/mol. The van der Waals surface area contributed by atoms with Gasteiger partial charge in [-0.3, -0.25) is 30.6 Å². The number of nitro groups is 1. The summed E-state index contributed by atoms with van der Waals surface area (Å²) in [5, 5.41) is 16.1. The van der Waals surface area contributed by atoms with E-state index in [1.165, 1.54) is 6.07 Å². The van der Waals surface area contributed by atoms with Crippen LogP contribution in [0.2, 0.25) is 0 Å². The number of amides is 2. The van der Waals surface area contributed by atoms with Crippen LogP contribution in [-0.2, 0) is 0 Å². The molecule has 0 aliphatic carbocycles. The Labute approximate surface area is 204 Å². The Bertz CT molecular complexity index is 1450. The maximum atomic E-state index is 13.1. The normalized spacial score (nSPS) is 12.0. The third-order valence-electron chi connectivity index (χ3n) is 5.42. The second kappa shape index (κ2) is 9.58. The number of nitro benzene ring substituents is 1. The van der Waals surface area contributed by atoms with Crippen molar-refractivity contribution in [3.63, 3.8) is 0 Å². The van der Waals surface area contributed by atoms with Crippen molar-refractivity contribution in [2.45, 2.75) is 0 Å². The summed E-state index contributed by atoms with van der Waals surface area (Å²) in [6.07, 6.45) is 1.55. The van der Waals surface area contributed by atoms with Crippen molar-refractivity contribution in [3.8, 4) is 28.4 Å². The van der Waals surface area contributed by atoms with Crippen LogP contribution in [-0.4, -0.2) is 39.7 Å². The van der Waals surface area contributed by atoms with Crippen molar-refractivity contribution in [1.29, 1.82) is 0 Å². The summed E-state index contributed by atoms with van der Waals surface area (Å²) >= 11 is 0. The van der Waals surface area contributed by atoms with E-state index in [0.29, 0.717) is 11.3 Å². The van der Waals surface area contributed by atoms with Crippen LogP contribution in [0.5, 0.6) is 11.5 Å². The van der Waals surface area contributed by atoms with Gasteiger partial charge in [0.1, 0.15) is 24.5 Å². The fraction of sp³-hybridized carbons (Fsp3) is 0.0800. The highest BCUT2D eigenvalue weighted by Gasteiger charge is 2.27. The van der Waals surface area contributed by atoms with Gasteiger partial charge >= 0.3 is 0 Å². The molecule has 4 aromatic rings. The van der Waals surface area contributed by atoms with Gasteiger partial charge in [0, 0.05) is 17.8 Å². The van der Waals surface area contributed by atoms with Crippen molar-refractivity contribution in [2.75, 3.05) is 13.2 Å². The van der Waals surface area contributed by atoms with Crippen LogP contribution in [0.3, 0.4) is 0 Å². The van der Waals surface area contributed by atoms with Gasteiger partial charge in [-0.05, 0) is 12.1 Å². The number of hydrogen-bond donors (Lipinski definition) is 2. The summed E-state index contributed by atoms with van der Waals surface area (Å²) in [4.78, 5) is 36.8. The minimum Gasteiger partial charge on any atom is -0.486 e. The molecule has 3 aromatic carbocycles. The molecule has 5 rings (SSSR count). The lowest BCUT2D eigenvalue weighted by Crippen LogP contribution is -2.42. The molecule has 36 heavy (non-hydrogen) atoms. The van der Waals surface area contributed by atoms with Crippen molar-refractivity contribution >= 4 is 17.5 Å². The minimum absolute atomic E-state index is 0.175. The maximum Gasteiger partial charge on any atom is 0.286 e. The fourth-order valence-corrected chi connectivity index (χ4v) is 3.72. The van der Waals surface area contributed by atoms with Crippen molar-refractivity contribution in [1.82, 2.24) is 20.6 Å². The first-order chi connectivity index (χ1) is 17.5. The van der Waals surface area contributed by atoms with Gasteiger partial charge in [0.15, 0.2) is 11.5 Å². The van der Waals surface area contributed by atoms with E-state index in [1.54, 1.807) is 10.9 Å². The number of para-hydroxylation sites is 1. The first kappa shape index (κ1) is 22.6. The Morgan fingerprint density at radius 3 is 2.08 bits per heavy atom. The Hall–Kier alpha value is -5.19. The molecule has 11 nitrogen and oxygen atoms in total. The third kappa shape index (κ3) is 4.44. The van der Waals surface area contributed by atoms with Crippen molar-refractivity contribution in [3.05, 3.63) is 100 Å². The highest BCUT2D eigenvalue weighted by molar-refractivity contribution is 6.03. The van der Waals surface area contributed by atoms with Crippen LogP contribution in [0, 0.1) is 10.1 Å². The number of carbonyl (C=O) groups is 2. The summed E-state index contributed by atoms with van der Waals surface area (Å²) in [6, 6.07) is 20.7. The number of fused-ring (bicyclic) bond motifs is 1. The molecule has 0 radical (unpaired) electrons. The molecule has 0 atom stereocenters. The monoisotopic (exact) mass is 485 g/mol. The lowest BCUT2D eigenvalue weighted by atomic mass is 10.1. The van der Waals surface area contributed by atoms with E-state index in [1.807, 2.05) is 60.7 Å². The number of nitrogens with one attached hydrogen (secondary N) is 2. The first-order valence-corrected chi connectivity index (χ1v) is 10.9. The predicted octanol–water partition coefficient (Wildman–Crippen LogP) is 3.29. The highest BCUT2D eigenvalue weighted by Crippen LogP contribution is 2.36. The molecule has 2 heterocycles. The van der Waals surface area contributed by atoms with Gasteiger partial charge in [-0.15, -0.1) is 0 Å². The standard InChI is InChI=1S/C25H19N5O6/c31-24(18-13-21-22(36-12-11-35-21)14-20(18)30(33)34)26-27-25(32)19-15-29(17-9-5-2-6-10-17)28-23(19)16-7-3-1-4-8-16/h1-10,13-15H,11-12H2,(H,26,31)(H,27,32). The number of hydrogen-bond acceptors (Lipinski definition) is 7. The molecule has 0 bridgehead atoms. The Morgan fingerprint density at radius 2 is 1.44 bits per heavy atom. The van der Waals surface area contributed by atoms with E-state index in [-0.39, 0.29) is 35.8 Å². The summed E-state index contributed by atoms with van der Waals surface area (Å²) in [5.74, 6) is -1.15. The number of nitrogens with zero attached hydrogens (tertiary/aromatic N) is 3. The van der Waals surface area contributed by atoms with E-state index in [4.69, 9.17) is 9.47 Å². The lowest BCUT2D eigenvalue weighted by molar-refractivity contribution is -0.385. The topological polar surface area (TPSA) is 138 Å². The number of hydrazine groups is 1. The van der Waals surface area contributed by atoms with Crippen molar-refractivity contribution < 1.29 is 24.0 Å². The summed E-state index contributed by atoms with van der Waals surface area (Å²) in [5.41, 5.74) is 5.86. The molecule has 2 N–H and O–H groups in total. The van der Waals surface area contributed by atoms with Gasteiger partial charge in [0.2, 0.25) is 0 Å². The molecule has 0 spiro atoms. The zero-order chi connectivity index (χ0) is 25.1. The Balaban J connectivity index is 1.42. The van der Waals surface area contributed by atoms with E-state index < -0.39 is 22.4 Å². The molecular formula is C25H19N5O6. The van der Waals surface area contributed by atoms with Gasteiger partial charge in [-0.2, -0.15) is 5.10 Å². The van der Waals surface area contributed by atoms with Crippen LogP contribution in [0.1, 0.15) is 20.7 Å². The number of carbonyl (C=O) groups excluding carboxylic acids is 2. The molecule has 2 amide bonds. The quantitative estimate of drug-likeness (QED) is 0.327. The molecule has 1 aliphatic rings. The number of aromatic nitrogens is 2. The van der Waals surface area contributed by atoms with E-state index in [0.717, 1.165) is 11.8 Å².